The van der Waals surface area contributed by atoms with Crippen LogP contribution in [-0.2, 0) is 14.3 Å². The molecule has 3 unspecified atom stereocenters. The van der Waals surface area contributed by atoms with E-state index in [9.17, 15) is 19.8 Å². The lowest BCUT2D eigenvalue weighted by Crippen LogP contribution is -2.46. The molecule has 0 aliphatic heterocycles. The number of carbonyl (C=O) groups excluding carboxylic acids is 2. The lowest BCUT2D eigenvalue weighted by molar-refractivity contribution is -0.151. The Morgan fingerprint density at radius 2 is 0.908 bits per heavy atom. The van der Waals surface area contributed by atoms with Gasteiger partial charge in [-0.25, -0.2) is 0 Å². The van der Waals surface area contributed by atoms with Gasteiger partial charge in [0.15, 0.2) is 0 Å². The third kappa shape index (κ3) is 47.1. The van der Waals surface area contributed by atoms with Crippen molar-refractivity contribution in [1.82, 2.24) is 5.32 Å². The SMILES string of the molecule is CC\C=C/C=C/C=C/C=C\C=C\C=C\CCCC(CC(=O)NC(CO)C(O)CCCCCCCCCCCCCCCC)OC(=O)CCCCCCCCC/C=C\C/C=C\CCCCC. The highest BCUT2D eigenvalue weighted by Crippen LogP contribution is 2.17. The van der Waals surface area contributed by atoms with E-state index in [1.165, 1.54) is 122 Å². The van der Waals surface area contributed by atoms with Crippen LogP contribution in [0.1, 0.15) is 239 Å². The van der Waals surface area contributed by atoms with E-state index in [1.54, 1.807) is 0 Å². The molecule has 0 aliphatic carbocycles. The molecule has 0 rings (SSSR count). The van der Waals surface area contributed by atoms with Crippen molar-refractivity contribution in [2.75, 3.05) is 6.61 Å². The summed E-state index contributed by atoms with van der Waals surface area (Å²) in [5.74, 6) is -0.562. The largest absolute Gasteiger partial charge is 0.462 e. The summed E-state index contributed by atoms with van der Waals surface area (Å²) in [6, 6.07) is -0.733. The van der Waals surface area contributed by atoms with E-state index in [0.717, 1.165) is 70.6 Å². The summed E-state index contributed by atoms with van der Waals surface area (Å²) in [7, 11) is 0. The van der Waals surface area contributed by atoms with E-state index in [4.69, 9.17) is 4.74 Å². The van der Waals surface area contributed by atoms with Gasteiger partial charge in [0.05, 0.1) is 25.2 Å². The molecular weight excluding hydrogens is 803 g/mol. The summed E-state index contributed by atoms with van der Waals surface area (Å²) in [6.07, 6.45) is 68.9. The number of nitrogens with one attached hydrogen (secondary N) is 1. The maximum absolute atomic E-state index is 13.2. The molecule has 0 aromatic carbocycles. The van der Waals surface area contributed by atoms with Crippen molar-refractivity contribution in [3.8, 4) is 0 Å². The first-order chi connectivity index (χ1) is 32.0. The monoisotopic (exact) mass is 904 g/mol. The highest BCUT2D eigenvalue weighted by Gasteiger charge is 2.24. The summed E-state index contributed by atoms with van der Waals surface area (Å²) < 4.78 is 5.90. The molecule has 0 aliphatic rings. The fourth-order valence-electron chi connectivity index (χ4n) is 7.73. The van der Waals surface area contributed by atoms with E-state index in [0.29, 0.717) is 19.3 Å². The Bertz CT molecular complexity index is 1290. The van der Waals surface area contributed by atoms with Crippen LogP contribution in [0.4, 0.5) is 0 Å². The molecular formula is C59H101NO5. The second-order valence-electron chi connectivity index (χ2n) is 18.0. The zero-order valence-electron chi connectivity index (χ0n) is 42.3. The lowest BCUT2D eigenvalue weighted by atomic mass is 10.0. The maximum atomic E-state index is 13.2. The molecule has 372 valence electrons. The molecule has 6 heteroatoms. The number of rotatable bonds is 47. The molecule has 0 aromatic heterocycles. The van der Waals surface area contributed by atoms with Gasteiger partial charge >= 0.3 is 5.97 Å². The fraction of sp³-hybridized carbons (Fsp3) is 0.695. The molecule has 6 nitrogen and oxygen atoms in total. The number of ether oxygens (including phenoxy) is 1. The molecule has 3 atom stereocenters. The quantitative estimate of drug-likeness (QED) is 0.0245. The van der Waals surface area contributed by atoms with Gasteiger partial charge in [0.25, 0.3) is 0 Å². The number of hydrogen-bond donors (Lipinski definition) is 3. The number of aliphatic hydroxyl groups is 2. The fourth-order valence-corrected chi connectivity index (χ4v) is 7.73. The van der Waals surface area contributed by atoms with Crippen molar-refractivity contribution >= 4 is 11.9 Å². The van der Waals surface area contributed by atoms with Gasteiger partial charge in [-0.15, -0.1) is 0 Å². The van der Waals surface area contributed by atoms with Crippen LogP contribution in [0, 0.1) is 0 Å². The Morgan fingerprint density at radius 3 is 1.43 bits per heavy atom. The van der Waals surface area contributed by atoms with Crippen molar-refractivity contribution < 1.29 is 24.5 Å². The Hall–Kier alpha value is -3.22. The first-order valence-corrected chi connectivity index (χ1v) is 27.0. The predicted octanol–water partition coefficient (Wildman–Crippen LogP) is 16.5. The average molecular weight is 904 g/mol. The Balaban J connectivity index is 4.72. The van der Waals surface area contributed by atoms with E-state index in [1.807, 2.05) is 60.8 Å². The van der Waals surface area contributed by atoms with Gasteiger partial charge in [-0.1, -0.05) is 253 Å². The van der Waals surface area contributed by atoms with Gasteiger partial charge in [0.2, 0.25) is 5.91 Å². The third-order valence-corrected chi connectivity index (χ3v) is 11.8. The summed E-state index contributed by atoms with van der Waals surface area (Å²) in [5, 5.41) is 23.8. The Morgan fingerprint density at radius 1 is 0.477 bits per heavy atom. The molecule has 65 heavy (non-hydrogen) atoms. The minimum absolute atomic E-state index is 0.0186. The zero-order chi connectivity index (χ0) is 47.4. The number of esters is 1. The standard InChI is InChI=1S/C59H101NO5/c1-4-7-10-13-16-19-22-25-28-29-31-34-37-40-43-46-49-52-59(64)65-55(50-47-44-41-38-35-32-30-26-23-20-17-14-11-8-5-2)53-58(63)60-56(54-61)57(62)51-48-45-42-39-36-33-27-24-21-18-15-12-9-6-3/h8,11,14,16-17,19-20,23,25-26,28,30,32,35,38,41,55-57,61-62H,4-7,9-10,12-13,15,18,21-22,24,27,29,31,33-34,36-37,39-40,42-54H2,1-3H3,(H,60,63)/b11-8-,17-14+,19-16-,23-20+,28-25-,30-26-,35-32+,41-38+. The number of aliphatic hydroxyl groups excluding tert-OH is 2. The van der Waals surface area contributed by atoms with Crippen molar-refractivity contribution in [1.29, 1.82) is 0 Å². The van der Waals surface area contributed by atoms with Gasteiger partial charge in [-0.3, -0.25) is 9.59 Å². The Labute approximate surface area is 401 Å². The van der Waals surface area contributed by atoms with Gasteiger partial charge in [-0.05, 0) is 70.6 Å². The smallest absolute Gasteiger partial charge is 0.306 e. The van der Waals surface area contributed by atoms with Crippen LogP contribution in [0.15, 0.2) is 97.2 Å². The van der Waals surface area contributed by atoms with Gasteiger partial charge in [0.1, 0.15) is 6.10 Å². The third-order valence-electron chi connectivity index (χ3n) is 11.8. The highest BCUT2D eigenvalue weighted by molar-refractivity contribution is 5.77. The molecule has 0 spiro atoms. The van der Waals surface area contributed by atoms with Gasteiger partial charge in [-0.2, -0.15) is 0 Å². The lowest BCUT2D eigenvalue weighted by Gasteiger charge is -2.24. The molecule has 0 radical (unpaired) electrons. The second-order valence-corrected chi connectivity index (χ2v) is 18.0. The first kappa shape index (κ1) is 61.8. The molecule has 1 amide bonds. The molecule has 3 N–H and O–H groups in total. The topological polar surface area (TPSA) is 95.9 Å². The van der Waals surface area contributed by atoms with Crippen LogP contribution in [0.2, 0.25) is 0 Å². The first-order valence-electron chi connectivity index (χ1n) is 27.0. The summed E-state index contributed by atoms with van der Waals surface area (Å²) in [5.41, 5.74) is 0. The minimum atomic E-state index is -0.814. The number of carbonyl (C=O) groups is 2. The van der Waals surface area contributed by atoms with Crippen LogP contribution in [0.25, 0.3) is 0 Å². The van der Waals surface area contributed by atoms with Crippen molar-refractivity contribution in [3.05, 3.63) is 97.2 Å². The summed E-state index contributed by atoms with van der Waals surface area (Å²) >= 11 is 0. The molecule has 0 fully saturated rings. The summed E-state index contributed by atoms with van der Waals surface area (Å²) in [6.45, 7) is 6.29. The van der Waals surface area contributed by atoms with E-state index in [2.05, 4.69) is 62.5 Å². The number of unbranched alkanes of at least 4 members (excludes halogenated alkanes) is 24. The van der Waals surface area contributed by atoms with Crippen LogP contribution < -0.4 is 5.32 Å². The number of allylic oxidation sites excluding steroid dienone is 16. The average Bonchev–Trinajstić information content (AvgIpc) is 3.30. The van der Waals surface area contributed by atoms with Crippen LogP contribution in [0.5, 0.6) is 0 Å². The van der Waals surface area contributed by atoms with Gasteiger partial charge in [0, 0.05) is 6.42 Å². The highest BCUT2D eigenvalue weighted by atomic mass is 16.5. The van der Waals surface area contributed by atoms with Crippen LogP contribution >= 0.6 is 0 Å². The van der Waals surface area contributed by atoms with Crippen molar-refractivity contribution in [3.63, 3.8) is 0 Å². The molecule has 0 bridgehead atoms. The molecule has 0 saturated carbocycles. The van der Waals surface area contributed by atoms with Crippen molar-refractivity contribution in [2.24, 2.45) is 0 Å². The Kier molecular flexibility index (Phi) is 49.2. The minimum Gasteiger partial charge on any atom is -0.462 e. The van der Waals surface area contributed by atoms with Gasteiger partial charge < -0.3 is 20.3 Å². The normalized spacial score (nSPS) is 14.0. The second kappa shape index (κ2) is 51.8. The van der Waals surface area contributed by atoms with Crippen LogP contribution in [-0.4, -0.2) is 46.9 Å². The van der Waals surface area contributed by atoms with Crippen LogP contribution in [0.3, 0.4) is 0 Å². The molecule has 0 saturated heterocycles. The van der Waals surface area contributed by atoms with Crippen molar-refractivity contribution in [2.45, 2.75) is 257 Å². The molecule has 0 aromatic rings. The number of amides is 1. The van der Waals surface area contributed by atoms with E-state index >= 15 is 0 Å². The molecule has 0 heterocycles. The zero-order valence-corrected chi connectivity index (χ0v) is 42.3. The maximum Gasteiger partial charge on any atom is 0.306 e. The summed E-state index contributed by atoms with van der Waals surface area (Å²) in [4.78, 5) is 26.2. The van der Waals surface area contributed by atoms with E-state index < -0.39 is 18.2 Å². The predicted molar refractivity (Wildman–Crippen MR) is 282 cm³/mol. The van der Waals surface area contributed by atoms with E-state index in [-0.39, 0.29) is 24.9 Å². The number of hydrogen-bond acceptors (Lipinski definition) is 5.